The van der Waals surface area contributed by atoms with Crippen molar-refractivity contribution in [3.8, 4) is 50.8 Å². The molecule has 6 nitrogen and oxygen atoms in total. The molecule has 1 aliphatic carbocycles. The van der Waals surface area contributed by atoms with Crippen LogP contribution in [0.15, 0.2) is 122 Å². The number of carbonyl (C=O) groups excluding carboxylic acids is 2. The maximum atomic E-state index is 14.5. The zero-order chi connectivity index (χ0) is 28.6. The SMILES string of the molecule is COc1ccc(-c2cccc3c2C(=O)c2c(cccc2-c2cc(-c4ccccn4)nc(-c4ccccn4)c2)C3=O)cc1. The normalized spacial score (nSPS) is 12.0. The topological polar surface area (TPSA) is 82.0 Å². The number of fused-ring (bicyclic) bond motifs is 2. The maximum absolute atomic E-state index is 14.5. The van der Waals surface area contributed by atoms with Gasteiger partial charge in [-0.15, -0.1) is 0 Å². The molecule has 6 aromatic rings. The van der Waals surface area contributed by atoms with Crippen LogP contribution in [0.5, 0.6) is 5.75 Å². The van der Waals surface area contributed by atoms with Gasteiger partial charge in [-0.05, 0) is 70.8 Å². The van der Waals surface area contributed by atoms with Crippen molar-refractivity contribution >= 4 is 11.6 Å². The van der Waals surface area contributed by atoms with Crippen molar-refractivity contribution in [1.29, 1.82) is 0 Å². The lowest BCUT2D eigenvalue weighted by Crippen LogP contribution is -2.22. The first kappa shape index (κ1) is 25.2. The van der Waals surface area contributed by atoms with Crippen LogP contribution < -0.4 is 4.74 Å². The third-order valence-electron chi connectivity index (χ3n) is 7.46. The summed E-state index contributed by atoms with van der Waals surface area (Å²) >= 11 is 0. The first-order valence-electron chi connectivity index (χ1n) is 13.5. The molecule has 3 heterocycles. The van der Waals surface area contributed by atoms with Crippen LogP contribution in [0.1, 0.15) is 31.8 Å². The second-order valence-corrected chi connectivity index (χ2v) is 9.90. The van der Waals surface area contributed by atoms with Gasteiger partial charge >= 0.3 is 0 Å². The predicted octanol–water partition coefficient (Wildman–Crippen LogP) is 7.32. The summed E-state index contributed by atoms with van der Waals surface area (Å²) < 4.78 is 5.32. The molecule has 42 heavy (non-hydrogen) atoms. The second-order valence-electron chi connectivity index (χ2n) is 9.90. The molecule has 3 aromatic heterocycles. The Morgan fingerprint density at radius 1 is 0.500 bits per heavy atom. The summed E-state index contributed by atoms with van der Waals surface area (Å²) in [5.74, 6) is 0.335. The Balaban J connectivity index is 1.44. The fourth-order valence-electron chi connectivity index (χ4n) is 5.47. The number of ketones is 2. The predicted molar refractivity (Wildman–Crippen MR) is 161 cm³/mol. The van der Waals surface area contributed by atoms with E-state index in [4.69, 9.17) is 9.72 Å². The van der Waals surface area contributed by atoms with Gasteiger partial charge in [0.15, 0.2) is 11.6 Å². The van der Waals surface area contributed by atoms with Crippen LogP contribution in [0.2, 0.25) is 0 Å². The molecule has 0 saturated carbocycles. The lowest BCUT2D eigenvalue weighted by molar-refractivity contribution is 0.0980. The Hall–Kier alpha value is -5.75. The van der Waals surface area contributed by atoms with Crippen LogP contribution in [0.25, 0.3) is 45.0 Å². The van der Waals surface area contributed by atoms with Crippen molar-refractivity contribution in [2.45, 2.75) is 0 Å². The van der Waals surface area contributed by atoms with E-state index in [1.165, 1.54) is 0 Å². The largest absolute Gasteiger partial charge is 0.497 e. The highest BCUT2D eigenvalue weighted by Gasteiger charge is 2.34. The molecule has 0 amide bonds. The molecular formula is C36H23N3O3. The Labute approximate surface area is 242 Å². The molecule has 0 aliphatic heterocycles. The summed E-state index contributed by atoms with van der Waals surface area (Å²) in [6.45, 7) is 0. The van der Waals surface area contributed by atoms with E-state index >= 15 is 0 Å². The van der Waals surface area contributed by atoms with E-state index < -0.39 is 0 Å². The number of benzene rings is 3. The van der Waals surface area contributed by atoms with Gasteiger partial charge in [-0.1, -0.05) is 60.7 Å². The quantitative estimate of drug-likeness (QED) is 0.225. The molecular weight excluding hydrogens is 522 g/mol. The number of carbonyl (C=O) groups is 2. The number of nitrogens with zero attached hydrogens (tertiary/aromatic N) is 3. The number of rotatable bonds is 5. The number of hydrogen-bond acceptors (Lipinski definition) is 6. The van der Waals surface area contributed by atoms with Crippen LogP contribution >= 0.6 is 0 Å². The number of ether oxygens (including phenoxy) is 1. The highest BCUT2D eigenvalue weighted by Crippen LogP contribution is 2.40. The smallest absolute Gasteiger partial charge is 0.195 e. The Morgan fingerprint density at radius 2 is 1.02 bits per heavy atom. The van der Waals surface area contributed by atoms with Crippen molar-refractivity contribution in [2.24, 2.45) is 0 Å². The van der Waals surface area contributed by atoms with Gasteiger partial charge in [-0.25, -0.2) is 4.98 Å². The average Bonchev–Trinajstić information content (AvgIpc) is 3.07. The highest BCUT2D eigenvalue weighted by atomic mass is 16.5. The zero-order valence-corrected chi connectivity index (χ0v) is 22.6. The van der Waals surface area contributed by atoms with Crippen LogP contribution in [-0.4, -0.2) is 33.6 Å². The van der Waals surface area contributed by atoms with Gasteiger partial charge in [0, 0.05) is 34.6 Å². The summed E-state index contributed by atoms with van der Waals surface area (Å²) in [7, 11) is 1.61. The van der Waals surface area contributed by atoms with Gasteiger partial charge in [0.2, 0.25) is 0 Å². The second kappa shape index (κ2) is 10.3. The molecule has 1 aliphatic rings. The Morgan fingerprint density at radius 3 is 1.52 bits per heavy atom. The molecule has 0 N–H and O–H groups in total. The molecule has 0 unspecified atom stereocenters. The van der Waals surface area contributed by atoms with Crippen LogP contribution in [0.3, 0.4) is 0 Å². The van der Waals surface area contributed by atoms with E-state index in [0.717, 1.165) is 11.1 Å². The lowest BCUT2D eigenvalue weighted by Gasteiger charge is -2.23. The first-order chi connectivity index (χ1) is 20.6. The molecule has 0 saturated heterocycles. The van der Waals surface area contributed by atoms with Crippen molar-refractivity contribution in [1.82, 2.24) is 15.0 Å². The fraction of sp³-hybridized carbons (Fsp3) is 0.0278. The minimum absolute atomic E-state index is 0.180. The van der Waals surface area contributed by atoms with Crippen LogP contribution in [0.4, 0.5) is 0 Å². The molecule has 200 valence electrons. The standard InChI is InChI=1S/C36H23N3O3/c1-42-24-16-14-22(15-17-24)25-8-6-10-27-33(25)36(41)34-26(9-7-11-28(34)35(27)40)23-20-31(29-12-2-4-18-37-29)39-32(21-23)30-13-3-5-19-38-30/h2-21H,1H3. The van der Waals surface area contributed by atoms with Crippen molar-refractivity contribution in [3.05, 3.63) is 144 Å². The van der Waals surface area contributed by atoms with E-state index in [2.05, 4.69) is 9.97 Å². The third-order valence-corrected chi connectivity index (χ3v) is 7.46. The maximum Gasteiger partial charge on any atom is 0.195 e. The summed E-state index contributed by atoms with van der Waals surface area (Å²) in [5, 5.41) is 0. The third kappa shape index (κ3) is 4.26. The molecule has 0 radical (unpaired) electrons. The van der Waals surface area contributed by atoms with E-state index in [0.29, 0.717) is 61.9 Å². The van der Waals surface area contributed by atoms with Crippen LogP contribution in [-0.2, 0) is 0 Å². The van der Waals surface area contributed by atoms with Gasteiger partial charge in [0.05, 0.1) is 29.9 Å². The molecule has 0 atom stereocenters. The van der Waals surface area contributed by atoms with E-state index in [1.807, 2.05) is 97.1 Å². The monoisotopic (exact) mass is 545 g/mol. The number of aromatic nitrogens is 3. The van der Waals surface area contributed by atoms with E-state index in [-0.39, 0.29) is 11.6 Å². The van der Waals surface area contributed by atoms with Crippen molar-refractivity contribution < 1.29 is 14.3 Å². The molecule has 7 rings (SSSR count). The van der Waals surface area contributed by atoms with Gasteiger partial charge in [0.1, 0.15) is 5.75 Å². The van der Waals surface area contributed by atoms with Gasteiger partial charge in [-0.3, -0.25) is 19.6 Å². The summed E-state index contributed by atoms with van der Waals surface area (Å²) in [6.07, 6.45) is 3.43. The van der Waals surface area contributed by atoms with Gasteiger partial charge in [0.25, 0.3) is 0 Å². The van der Waals surface area contributed by atoms with Crippen molar-refractivity contribution in [2.75, 3.05) is 7.11 Å². The average molecular weight is 546 g/mol. The summed E-state index contributed by atoms with van der Waals surface area (Å²) in [6, 6.07) is 33.4. The molecule has 0 bridgehead atoms. The lowest BCUT2D eigenvalue weighted by atomic mass is 9.77. The van der Waals surface area contributed by atoms with Crippen molar-refractivity contribution in [3.63, 3.8) is 0 Å². The Kier molecular flexibility index (Phi) is 6.21. The van der Waals surface area contributed by atoms with Gasteiger partial charge < -0.3 is 4.74 Å². The highest BCUT2D eigenvalue weighted by molar-refractivity contribution is 6.32. The Bertz CT molecular complexity index is 1930. The minimum Gasteiger partial charge on any atom is -0.497 e. The van der Waals surface area contributed by atoms with E-state index in [9.17, 15) is 9.59 Å². The van der Waals surface area contributed by atoms with Crippen LogP contribution in [0, 0.1) is 0 Å². The molecule has 0 fully saturated rings. The molecule has 3 aromatic carbocycles. The number of pyridine rings is 3. The fourth-order valence-corrected chi connectivity index (χ4v) is 5.47. The summed E-state index contributed by atoms with van der Waals surface area (Å²) in [5.41, 5.74) is 7.14. The number of hydrogen-bond donors (Lipinski definition) is 0. The molecule has 6 heteroatoms. The van der Waals surface area contributed by atoms with Gasteiger partial charge in [-0.2, -0.15) is 0 Å². The molecule has 0 spiro atoms. The summed E-state index contributed by atoms with van der Waals surface area (Å²) in [4.78, 5) is 42.2. The zero-order valence-electron chi connectivity index (χ0n) is 22.6. The van der Waals surface area contributed by atoms with E-state index in [1.54, 1.807) is 31.6 Å². The first-order valence-corrected chi connectivity index (χ1v) is 13.5. The minimum atomic E-state index is -0.197. The number of methoxy groups -OCH3 is 1.